The largest absolute Gasteiger partial charge is 0.383 e. The Morgan fingerprint density at radius 3 is 2.32 bits per heavy atom. The van der Waals surface area contributed by atoms with Crippen LogP contribution in [-0.2, 0) is 10.1 Å². The fourth-order valence-corrected chi connectivity index (χ4v) is 2.25. The van der Waals surface area contributed by atoms with Crippen molar-refractivity contribution in [3.05, 3.63) is 35.9 Å². The average molecular weight is 280 g/mol. The van der Waals surface area contributed by atoms with Crippen molar-refractivity contribution < 1.29 is 12.6 Å². The molecule has 4 N–H and O–H groups in total. The topological polar surface area (TPSA) is 121 Å². The SMILES string of the molecule is Cc1ccc(S(=O)(=O)Oc2cc(N)nc(N)n2)cc1. The van der Waals surface area contributed by atoms with Gasteiger partial charge in [-0.05, 0) is 19.1 Å². The van der Waals surface area contributed by atoms with Crippen LogP contribution in [0.15, 0.2) is 35.2 Å². The second-order valence-corrected chi connectivity index (χ2v) is 5.39. The molecule has 0 unspecified atom stereocenters. The van der Waals surface area contributed by atoms with Gasteiger partial charge >= 0.3 is 10.1 Å². The summed E-state index contributed by atoms with van der Waals surface area (Å²) in [5.41, 5.74) is 11.7. The van der Waals surface area contributed by atoms with Gasteiger partial charge in [-0.2, -0.15) is 18.4 Å². The number of nitrogens with zero attached hydrogens (tertiary/aromatic N) is 2. The molecule has 0 atom stereocenters. The van der Waals surface area contributed by atoms with Crippen molar-refractivity contribution in [3.63, 3.8) is 0 Å². The van der Waals surface area contributed by atoms with E-state index >= 15 is 0 Å². The number of rotatable bonds is 3. The molecule has 0 aliphatic carbocycles. The van der Waals surface area contributed by atoms with Crippen molar-refractivity contribution in [2.24, 2.45) is 0 Å². The molecule has 0 spiro atoms. The first-order valence-corrected chi connectivity index (χ1v) is 6.69. The Morgan fingerprint density at radius 1 is 1.11 bits per heavy atom. The normalized spacial score (nSPS) is 11.2. The third-order valence-corrected chi connectivity index (χ3v) is 3.48. The molecule has 0 saturated heterocycles. The Kier molecular flexibility index (Phi) is 3.26. The van der Waals surface area contributed by atoms with Crippen molar-refractivity contribution in [2.45, 2.75) is 11.8 Å². The van der Waals surface area contributed by atoms with Crippen molar-refractivity contribution in [1.29, 1.82) is 0 Å². The predicted octanol–water partition coefficient (Wildman–Crippen LogP) is 0.717. The molecule has 1 heterocycles. The number of nitrogen functional groups attached to an aromatic ring is 2. The van der Waals surface area contributed by atoms with Gasteiger partial charge in [0.25, 0.3) is 0 Å². The molecule has 100 valence electrons. The molecule has 0 amide bonds. The monoisotopic (exact) mass is 280 g/mol. The van der Waals surface area contributed by atoms with E-state index in [-0.39, 0.29) is 22.5 Å². The Bertz CT molecular complexity index is 678. The molecule has 8 heteroatoms. The zero-order valence-corrected chi connectivity index (χ0v) is 10.9. The second-order valence-electron chi connectivity index (χ2n) is 3.84. The summed E-state index contributed by atoms with van der Waals surface area (Å²) in [4.78, 5) is 7.29. The second kappa shape index (κ2) is 4.73. The molecule has 7 nitrogen and oxygen atoms in total. The van der Waals surface area contributed by atoms with Crippen LogP contribution in [0.5, 0.6) is 5.88 Å². The molecule has 2 rings (SSSR count). The minimum absolute atomic E-state index is 0.0221. The van der Waals surface area contributed by atoms with Gasteiger partial charge in [0.15, 0.2) is 0 Å². The summed E-state index contributed by atoms with van der Waals surface area (Å²) in [6, 6.07) is 7.40. The van der Waals surface area contributed by atoms with E-state index in [1.807, 2.05) is 6.92 Å². The van der Waals surface area contributed by atoms with Crippen LogP contribution in [0.2, 0.25) is 0 Å². The zero-order valence-electron chi connectivity index (χ0n) is 10.1. The van der Waals surface area contributed by atoms with Gasteiger partial charge in [-0.3, -0.25) is 0 Å². The van der Waals surface area contributed by atoms with Gasteiger partial charge in [0.05, 0.1) is 0 Å². The first-order valence-electron chi connectivity index (χ1n) is 5.28. The van der Waals surface area contributed by atoms with Crippen LogP contribution in [0.3, 0.4) is 0 Å². The molecule has 0 bridgehead atoms. The maximum absolute atomic E-state index is 12.0. The highest BCUT2D eigenvalue weighted by Crippen LogP contribution is 2.19. The van der Waals surface area contributed by atoms with Gasteiger partial charge in [0.1, 0.15) is 10.7 Å². The lowest BCUT2D eigenvalue weighted by atomic mass is 10.2. The van der Waals surface area contributed by atoms with E-state index in [2.05, 4.69) is 9.97 Å². The number of aryl methyl sites for hydroxylation is 1. The van der Waals surface area contributed by atoms with E-state index in [0.717, 1.165) is 5.56 Å². The van der Waals surface area contributed by atoms with Gasteiger partial charge < -0.3 is 15.7 Å². The number of hydrogen-bond acceptors (Lipinski definition) is 7. The van der Waals surface area contributed by atoms with E-state index < -0.39 is 10.1 Å². The van der Waals surface area contributed by atoms with Crippen LogP contribution in [0, 0.1) is 6.92 Å². The molecule has 1 aromatic heterocycles. The summed E-state index contributed by atoms with van der Waals surface area (Å²) in [5.74, 6) is -0.346. The smallest absolute Gasteiger partial charge is 0.340 e. The summed E-state index contributed by atoms with van der Waals surface area (Å²) < 4.78 is 28.8. The Labute approximate surface area is 110 Å². The van der Waals surface area contributed by atoms with Crippen LogP contribution < -0.4 is 15.7 Å². The average Bonchev–Trinajstić information content (AvgIpc) is 2.27. The molecule has 0 aliphatic heterocycles. The van der Waals surface area contributed by atoms with Gasteiger partial charge in [-0.25, -0.2) is 0 Å². The standard InChI is InChI=1S/C11H12N4O3S/c1-7-2-4-8(5-3-7)19(16,17)18-10-6-9(12)14-11(13)15-10/h2-6H,1H3,(H4,12,13,14,15). The number of anilines is 2. The molecule has 19 heavy (non-hydrogen) atoms. The molecular formula is C11H12N4O3S. The minimum Gasteiger partial charge on any atom is -0.383 e. The first kappa shape index (κ1) is 13.1. The van der Waals surface area contributed by atoms with Crippen molar-refractivity contribution in [3.8, 4) is 5.88 Å². The molecule has 2 aromatic rings. The van der Waals surface area contributed by atoms with Crippen molar-refractivity contribution in [1.82, 2.24) is 9.97 Å². The van der Waals surface area contributed by atoms with Crippen molar-refractivity contribution in [2.75, 3.05) is 11.5 Å². The van der Waals surface area contributed by atoms with Crippen LogP contribution in [0.4, 0.5) is 11.8 Å². The Hall–Kier alpha value is -2.35. The fourth-order valence-electron chi connectivity index (χ4n) is 1.37. The van der Waals surface area contributed by atoms with Crippen LogP contribution in [0.1, 0.15) is 5.56 Å². The van der Waals surface area contributed by atoms with Crippen LogP contribution in [-0.4, -0.2) is 18.4 Å². The van der Waals surface area contributed by atoms with Gasteiger partial charge in [-0.1, -0.05) is 17.7 Å². The van der Waals surface area contributed by atoms with E-state index in [4.69, 9.17) is 15.7 Å². The fraction of sp³-hybridized carbons (Fsp3) is 0.0909. The van der Waals surface area contributed by atoms with E-state index in [0.29, 0.717) is 0 Å². The molecule has 0 radical (unpaired) electrons. The summed E-state index contributed by atoms with van der Waals surface area (Å²) in [5, 5.41) is 0. The lowest BCUT2D eigenvalue weighted by Crippen LogP contribution is -2.12. The summed E-state index contributed by atoms with van der Waals surface area (Å²) in [6.07, 6.45) is 0. The number of hydrogen-bond donors (Lipinski definition) is 2. The Balaban J connectivity index is 2.33. The molecule has 0 fully saturated rings. The minimum atomic E-state index is -3.96. The van der Waals surface area contributed by atoms with Crippen LogP contribution in [0.25, 0.3) is 0 Å². The highest BCUT2D eigenvalue weighted by Gasteiger charge is 2.17. The molecule has 0 saturated carbocycles. The summed E-state index contributed by atoms with van der Waals surface area (Å²) >= 11 is 0. The lowest BCUT2D eigenvalue weighted by molar-refractivity contribution is 0.476. The van der Waals surface area contributed by atoms with Gasteiger partial charge in [0, 0.05) is 6.07 Å². The number of benzene rings is 1. The summed E-state index contributed by atoms with van der Waals surface area (Å²) in [7, 11) is -3.96. The van der Waals surface area contributed by atoms with E-state index in [1.54, 1.807) is 12.1 Å². The maximum atomic E-state index is 12.0. The van der Waals surface area contributed by atoms with Crippen LogP contribution >= 0.6 is 0 Å². The first-order chi connectivity index (χ1) is 8.87. The van der Waals surface area contributed by atoms with E-state index in [9.17, 15) is 8.42 Å². The summed E-state index contributed by atoms with van der Waals surface area (Å²) in [6.45, 7) is 1.85. The highest BCUT2D eigenvalue weighted by atomic mass is 32.2. The zero-order chi connectivity index (χ0) is 14.0. The number of nitrogens with two attached hydrogens (primary N) is 2. The quantitative estimate of drug-likeness (QED) is 0.794. The third kappa shape index (κ3) is 3.10. The third-order valence-electron chi connectivity index (χ3n) is 2.24. The van der Waals surface area contributed by atoms with Crippen molar-refractivity contribution >= 4 is 21.9 Å². The molecule has 0 aliphatic rings. The molecular weight excluding hydrogens is 268 g/mol. The highest BCUT2D eigenvalue weighted by molar-refractivity contribution is 7.87. The lowest BCUT2D eigenvalue weighted by Gasteiger charge is -2.07. The van der Waals surface area contributed by atoms with Gasteiger partial charge in [0.2, 0.25) is 11.8 Å². The molecule has 1 aromatic carbocycles. The van der Waals surface area contributed by atoms with Gasteiger partial charge in [-0.15, -0.1) is 0 Å². The van der Waals surface area contributed by atoms with E-state index in [1.165, 1.54) is 18.2 Å². The Morgan fingerprint density at radius 2 is 1.74 bits per heavy atom. The maximum Gasteiger partial charge on any atom is 0.340 e. The predicted molar refractivity (Wildman–Crippen MR) is 69.8 cm³/mol. The number of aromatic nitrogens is 2.